The molecule has 2 aromatic rings. The highest BCUT2D eigenvalue weighted by Gasteiger charge is 2.15. The van der Waals surface area contributed by atoms with Crippen LogP contribution in [0, 0.1) is 0 Å². The average molecular weight is 346 g/mol. The normalized spacial score (nSPS) is 11.8. The third kappa shape index (κ3) is 5.42. The number of nitrogens with one attached hydrogen (secondary N) is 2. The first-order valence-corrected chi connectivity index (χ1v) is 9.03. The lowest BCUT2D eigenvalue weighted by atomic mass is 10.2. The van der Waals surface area contributed by atoms with Crippen molar-refractivity contribution in [2.45, 2.75) is 26.3 Å². The number of benzene rings is 1. The Morgan fingerprint density at radius 2 is 2.00 bits per heavy atom. The molecule has 0 aliphatic rings. The maximum Gasteiger partial charge on any atom is 0.248 e. The van der Waals surface area contributed by atoms with Crippen molar-refractivity contribution < 1.29 is 9.59 Å². The van der Waals surface area contributed by atoms with Gasteiger partial charge in [-0.15, -0.1) is 0 Å². The molecule has 0 radical (unpaired) electrons. The number of rotatable bonds is 8. The summed E-state index contributed by atoms with van der Waals surface area (Å²) < 4.78 is 1.59. The molecule has 128 valence electrons. The first-order valence-electron chi connectivity index (χ1n) is 7.87. The van der Waals surface area contributed by atoms with E-state index in [4.69, 9.17) is 0 Å². The summed E-state index contributed by atoms with van der Waals surface area (Å²) in [5.41, 5.74) is 1.31. The zero-order valence-electron chi connectivity index (χ0n) is 13.9. The lowest BCUT2D eigenvalue weighted by Gasteiger charge is -2.13. The van der Waals surface area contributed by atoms with Crippen LogP contribution in [0.4, 0.5) is 11.4 Å². The Morgan fingerprint density at radius 1 is 1.25 bits per heavy atom. The molecule has 0 aliphatic carbocycles. The Kier molecular flexibility index (Phi) is 6.87. The van der Waals surface area contributed by atoms with E-state index >= 15 is 0 Å². The molecular formula is C17H22N4O2S. The van der Waals surface area contributed by atoms with Gasteiger partial charge in [0.05, 0.1) is 5.75 Å². The molecule has 0 fully saturated rings. The van der Waals surface area contributed by atoms with E-state index in [1.807, 2.05) is 0 Å². The molecule has 2 N–H and O–H groups in total. The van der Waals surface area contributed by atoms with E-state index in [0.29, 0.717) is 17.1 Å². The summed E-state index contributed by atoms with van der Waals surface area (Å²) in [6.45, 7) is 3.86. The summed E-state index contributed by atoms with van der Waals surface area (Å²) in [5, 5.41) is 9.75. The van der Waals surface area contributed by atoms with Gasteiger partial charge < -0.3 is 10.6 Å². The number of amides is 2. The van der Waals surface area contributed by atoms with Crippen LogP contribution >= 0.6 is 11.8 Å². The van der Waals surface area contributed by atoms with Gasteiger partial charge in [0.15, 0.2) is 0 Å². The summed E-state index contributed by atoms with van der Waals surface area (Å²) >= 11 is 1.61. The Hall–Kier alpha value is -2.28. The van der Waals surface area contributed by atoms with Crippen LogP contribution in [0.1, 0.15) is 26.3 Å². The lowest BCUT2D eigenvalue weighted by molar-refractivity contribution is -0.119. The Bertz CT molecular complexity index is 673. The molecule has 0 saturated heterocycles. The van der Waals surface area contributed by atoms with Crippen molar-refractivity contribution in [2.75, 3.05) is 22.1 Å². The first kappa shape index (κ1) is 18.1. The number of hydrogen-bond donors (Lipinski definition) is 2. The van der Waals surface area contributed by atoms with Gasteiger partial charge in [0, 0.05) is 23.8 Å². The molecule has 0 spiro atoms. The fraction of sp³-hybridized carbons (Fsp3) is 0.353. The highest BCUT2D eigenvalue weighted by Crippen LogP contribution is 2.17. The molecule has 0 aliphatic heterocycles. The first-order chi connectivity index (χ1) is 11.6. The van der Waals surface area contributed by atoms with Crippen LogP contribution in [-0.2, 0) is 9.59 Å². The number of carbonyl (C=O) groups excluding carboxylic acids is 2. The molecule has 2 amide bonds. The number of anilines is 2. The van der Waals surface area contributed by atoms with Crippen molar-refractivity contribution in [3.63, 3.8) is 0 Å². The van der Waals surface area contributed by atoms with Crippen LogP contribution in [0.5, 0.6) is 0 Å². The molecular weight excluding hydrogens is 324 g/mol. The van der Waals surface area contributed by atoms with Crippen LogP contribution in [0.15, 0.2) is 42.7 Å². The molecule has 1 aromatic carbocycles. The zero-order valence-corrected chi connectivity index (χ0v) is 14.7. The van der Waals surface area contributed by atoms with Gasteiger partial charge >= 0.3 is 0 Å². The number of thioether (sulfide) groups is 1. The lowest BCUT2D eigenvalue weighted by Crippen LogP contribution is -2.24. The molecule has 2 rings (SSSR count). The standard InChI is InChI=1S/C17H22N4O2S/c1-3-10-24-12-16(22)19-14-6-4-7-15(11-14)20-17(23)13(2)21-9-5-8-18-21/h4-9,11,13H,3,10,12H2,1-2H3,(H,19,22)(H,20,23)/t13-/m1/s1. The topological polar surface area (TPSA) is 76.0 Å². The van der Waals surface area contributed by atoms with E-state index in [1.165, 1.54) is 0 Å². The van der Waals surface area contributed by atoms with Gasteiger partial charge in [-0.05, 0) is 43.4 Å². The van der Waals surface area contributed by atoms with Crippen molar-refractivity contribution in [2.24, 2.45) is 0 Å². The average Bonchev–Trinajstić information content (AvgIpc) is 3.09. The second-order valence-corrected chi connectivity index (χ2v) is 6.44. The van der Waals surface area contributed by atoms with Crippen molar-refractivity contribution in [3.05, 3.63) is 42.7 Å². The summed E-state index contributed by atoms with van der Waals surface area (Å²) in [6, 6.07) is 8.49. The third-order valence-corrected chi connectivity index (χ3v) is 4.46. The second-order valence-electron chi connectivity index (χ2n) is 5.33. The van der Waals surface area contributed by atoms with Gasteiger partial charge in [0.1, 0.15) is 6.04 Å². The van der Waals surface area contributed by atoms with Gasteiger partial charge in [0.2, 0.25) is 11.8 Å². The molecule has 1 aromatic heterocycles. The van der Waals surface area contributed by atoms with Crippen LogP contribution in [0.3, 0.4) is 0 Å². The SMILES string of the molecule is CCCSCC(=O)Nc1cccc(NC(=O)[C@@H](C)n2cccn2)c1. The molecule has 24 heavy (non-hydrogen) atoms. The summed E-state index contributed by atoms with van der Waals surface area (Å²) in [7, 11) is 0. The van der Waals surface area contributed by atoms with Crippen molar-refractivity contribution in [1.82, 2.24) is 9.78 Å². The maximum absolute atomic E-state index is 12.3. The van der Waals surface area contributed by atoms with Gasteiger partial charge in [-0.25, -0.2) is 0 Å². The van der Waals surface area contributed by atoms with E-state index in [2.05, 4.69) is 22.7 Å². The van der Waals surface area contributed by atoms with Crippen molar-refractivity contribution >= 4 is 35.0 Å². The monoisotopic (exact) mass is 346 g/mol. The predicted molar refractivity (Wildman–Crippen MR) is 98.3 cm³/mol. The summed E-state index contributed by atoms with van der Waals surface area (Å²) in [5.74, 6) is 1.19. The minimum absolute atomic E-state index is 0.0400. The Labute approximate surface area is 146 Å². The smallest absolute Gasteiger partial charge is 0.248 e. The van der Waals surface area contributed by atoms with Gasteiger partial charge in [-0.2, -0.15) is 16.9 Å². The van der Waals surface area contributed by atoms with E-state index in [9.17, 15) is 9.59 Å². The molecule has 7 heteroatoms. The number of aromatic nitrogens is 2. The summed E-state index contributed by atoms with van der Waals surface area (Å²) in [4.78, 5) is 24.1. The fourth-order valence-corrected chi connectivity index (χ4v) is 2.75. The van der Waals surface area contributed by atoms with E-state index in [1.54, 1.807) is 66.1 Å². The molecule has 1 heterocycles. The second kappa shape index (κ2) is 9.12. The molecule has 0 saturated carbocycles. The Morgan fingerprint density at radius 3 is 2.67 bits per heavy atom. The number of nitrogens with zero attached hydrogens (tertiary/aromatic N) is 2. The zero-order chi connectivity index (χ0) is 17.4. The van der Waals surface area contributed by atoms with Gasteiger partial charge in [-0.1, -0.05) is 13.0 Å². The van der Waals surface area contributed by atoms with Crippen molar-refractivity contribution in [1.29, 1.82) is 0 Å². The van der Waals surface area contributed by atoms with Crippen molar-refractivity contribution in [3.8, 4) is 0 Å². The van der Waals surface area contributed by atoms with E-state index in [-0.39, 0.29) is 11.8 Å². The third-order valence-electron chi connectivity index (χ3n) is 3.30. The van der Waals surface area contributed by atoms with Crippen LogP contribution in [0.2, 0.25) is 0 Å². The highest BCUT2D eigenvalue weighted by molar-refractivity contribution is 7.99. The fourth-order valence-electron chi connectivity index (χ4n) is 2.06. The quantitative estimate of drug-likeness (QED) is 0.720. The minimum Gasteiger partial charge on any atom is -0.325 e. The Balaban J connectivity index is 1.92. The van der Waals surface area contributed by atoms with Crippen LogP contribution < -0.4 is 10.6 Å². The molecule has 6 nitrogen and oxygen atoms in total. The summed E-state index contributed by atoms with van der Waals surface area (Å²) in [6.07, 6.45) is 4.43. The number of hydrogen-bond acceptors (Lipinski definition) is 4. The van der Waals surface area contributed by atoms with Gasteiger partial charge in [-0.3, -0.25) is 14.3 Å². The maximum atomic E-state index is 12.3. The van der Waals surface area contributed by atoms with E-state index in [0.717, 1.165) is 12.2 Å². The van der Waals surface area contributed by atoms with E-state index < -0.39 is 6.04 Å². The molecule has 0 bridgehead atoms. The highest BCUT2D eigenvalue weighted by atomic mass is 32.2. The predicted octanol–water partition coefficient (Wildman–Crippen LogP) is 3.16. The van der Waals surface area contributed by atoms with Gasteiger partial charge in [0.25, 0.3) is 0 Å². The molecule has 1 atom stereocenters. The van der Waals surface area contributed by atoms with Crippen LogP contribution in [-0.4, -0.2) is 33.1 Å². The number of carbonyl (C=O) groups is 2. The molecule has 0 unspecified atom stereocenters. The van der Waals surface area contributed by atoms with Crippen LogP contribution in [0.25, 0.3) is 0 Å². The largest absolute Gasteiger partial charge is 0.325 e. The minimum atomic E-state index is -0.413.